The van der Waals surface area contributed by atoms with Gasteiger partial charge in [0.25, 0.3) is 0 Å². The Morgan fingerprint density at radius 1 is 0.582 bits per heavy atom. The van der Waals surface area contributed by atoms with Crippen molar-refractivity contribution < 1.29 is 35.8 Å². The lowest BCUT2D eigenvalue weighted by atomic mass is 9.68. The Bertz CT molecular complexity index is 2130. The maximum atomic E-state index is 14.9. The zero-order valence-electron chi connectivity index (χ0n) is 33.0. The van der Waals surface area contributed by atoms with Crippen LogP contribution in [0.25, 0.3) is 29.9 Å². The smallest absolute Gasteiger partial charge is 0.417 e. The second kappa shape index (κ2) is 13.1. The van der Waals surface area contributed by atoms with Crippen LogP contribution in [0.4, 0.5) is 37.7 Å². The van der Waals surface area contributed by atoms with E-state index in [0.29, 0.717) is 41.2 Å². The first-order valence-corrected chi connectivity index (χ1v) is 19.0. The Labute approximate surface area is 320 Å². The average Bonchev–Trinajstić information content (AvgIpc) is 3.09. The number of rotatable bonds is 6. The number of anilines is 2. The molecule has 4 aliphatic heterocycles. The van der Waals surface area contributed by atoms with E-state index in [4.69, 9.17) is 9.47 Å². The molecule has 3 aromatic rings. The molecule has 0 aliphatic carbocycles. The largest absolute Gasteiger partial charge is 0.496 e. The van der Waals surface area contributed by atoms with Crippen molar-refractivity contribution in [3.05, 3.63) is 86.5 Å². The van der Waals surface area contributed by atoms with Crippen LogP contribution in [-0.2, 0) is 28.6 Å². The Hall–Kier alpha value is -4.34. The summed E-state index contributed by atoms with van der Waals surface area (Å²) in [4.78, 5) is 4.64. The number of hydrogen-bond donors (Lipinski definition) is 0. The molecule has 10 heteroatoms. The molecule has 0 bridgehead atoms. The summed E-state index contributed by atoms with van der Waals surface area (Å²) in [6, 6.07) is 5.05. The fourth-order valence-corrected chi connectivity index (χ4v) is 9.15. The van der Waals surface area contributed by atoms with Crippen molar-refractivity contribution in [2.75, 3.05) is 50.2 Å². The third-order valence-electron chi connectivity index (χ3n) is 12.5. The quantitative estimate of drug-likeness (QED) is 0.184. The molecule has 0 unspecified atom stereocenters. The lowest BCUT2D eigenvalue weighted by molar-refractivity contribution is -0.141. The molecule has 0 fully saturated rings. The van der Waals surface area contributed by atoms with Crippen molar-refractivity contribution in [1.82, 2.24) is 0 Å². The summed E-state index contributed by atoms with van der Waals surface area (Å²) in [5, 5.41) is 0. The molecular weight excluding hydrogens is 714 g/mol. The van der Waals surface area contributed by atoms with Gasteiger partial charge in [-0.3, -0.25) is 0 Å². The van der Waals surface area contributed by atoms with Crippen LogP contribution in [0.2, 0.25) is 0 Å². The lowest BCUT2D eigenvalue weighted by Gasteiger charge is -2.48. The van der Waals surface area contributed by atoms with Gasteiger partial charge in [-0.1, -0.05) is 72.4 Å². The predicted octanol–water partition coefficient (Wildman–Crippen LogP) is 12.2. The fraction of sp³-hybridized carbons (Fsp3) is 0.467. The van der Waals surface area contributed by atoms with E-state index in [1.807, 2.05) is 12.1 Å². The van der Waals surface area contributed by atoms with Gasteiger partial charge in [0, 0.05) is 54.1 Å². The van der Waals surface area contributed by atoms with E-state index in [2.05, 4.69) is 57.9 Å². The van der Waals surface area contributed by atoms with Gasteiger partial charge in [-0.2, -0.15) is 26.3 Å². The number of ether oxygens (including phenoxy) is 2. The van der Waals surface area contributed by atoms with Crippen LogP contribution in [0.1, 0.15) is 123 Å². The molecular formula is C45H50F6N2O2. The summed E-state index contributed by atoms with van der Waals surface area (Å²) in [5.74, 6) is 0.970. The van der Waals surface area contributed by atoms with Gasteiger partial charge >= 0.3 is 12.4 Å². The number of halogens is 6. The Kier molecular flexibility index (Phi) is 9.28. The molecule has 4 aliphatic rings. The second-order valence-electron chi connectivity index (χ2n) is 17.5. The molecule has 0 spiro atoms. The predicted molar refractivity (Wildman–Crippen MR) is 211 cm³/mol. The number of alkyl halides is 6. The fourth-order valence-electron chi connectivity index (χ4n) is 9.15. The van der Waals surface area contributed by atoms with Crippen molar-refractivity contribution in [2.24, 2.45) is 0 Å². The summed E-state index contributed by atoms with van der Waals surface area (Å²) < 4.78 is 101. The van der Waals surface area contributed by atoms with Crippen LogP contribution in [-0.4, -0.2) is 40.4 Å². The SMILES string of the molecule is C=C1CCN2CCC(C)(C)c3cc(C=Cc4cc(C(F)(F)F)c(C=Cc5cc6c7c(c5OC)C(C)(C)CCN7CCC6(C)C)cc4C(F)(F)F)c(OC)c1c32. The van der Waals surface area contributed by atoms with Crippen molar-refractivity contribution in [3.63, 3.8) is 0 Å². The standard InChI is InChI=1S/C45H50F6N2O2/c1-26-14-18-52-19-15-41(2,3)33-24-29(39(54-8)35(26)37(33)52)12-10-27-22-32(45(49,50)51)28(23-31(27)44(46,47)48)11-13-30-25-34-38-36(40(30)55-9)43(6,7)17-21-53(38)20-16-42(34,4)5/h10-13,22-25H,1,14-21H2,2-9H3. The van der Waals surface area contributed by atoms with Crippen LogP contribution in [0.3, 0.4) is 0 Å². The van der Waals surface area contributed by atoms with Gasteiger partial charge < -0.3 is 19.3 Å². The van der Waals surface area contributed by atoms with E-state index in [0.717, 1.165) is 96.8 Å². The molecule has 0 aromatic heterocycles. The Morgan fingerprint density at radius 2 is 1.00 bits per heavy atom. The second-order valence-corrected chi connectivity index (χ2v) is 17.5. The summed E-state index contributed by atoms with van der Waals surface area (Å²) >= 11 is 0. The maximum Gasteiger partial charge on any atom is 0.417 e. The van der Waals surface area contributed by atoms with E-state index in [9.17, 15) is 26.3 Å². The molecule has 4 nitrogen and oxygen atoms in total. The minimum atomic E-state index is -4.94. The van der Waals surface area contributed by atoms with E-state index in [1.165, 1.54) is 26.4 Å². The van der Waals surface area contributed by atoms with Crippen LogP contribution in [0.15, 0.2) is 30.8 Å². The molecule has 0 amide bonds. The average molecular weight is 765 g/mol. The summed E-state index contributed by atoms with van der Waals surface area (Å²) in [7, 11) is 3.02. The zero-order valence-corrected chi connectivity index (χ0v) is 33.0. The Balaban J connectivity index is 1.38. The number of hydrogen-bond acceptors (Lipinski definition) is 4. The minimum Gasteiger partial charge on any atom is -0.496 e. The highest BCUT2D eigenvalue weighted by Gasteiger charge is 2.43. The third kappa shape index (κ3) is 6.61. The monoisotopic (exact) mass is 764 g/mol. The van der Waals surface area contributed by atoms with Gasteiger partial charge in [0.1, 0.15) is 11.5 Å². The molecule has 55 heavy (non-hydrogen) atoms. The van der Waals surface area contributed by atoms with Crippen molar-refractivity contribution >= 4 is 41.3 Å². The first-order valence-electron chi connectivity index (χ1n) is 19.0. The highest BCUT2D eigenvalue weighted by atomic mass is 19.4. The molecule has 0 N–H and O–H groups in total. The maximum absolute atomic E-state index is 14.9. The van der Waals surface area contributed by atoms with E-state index in [1.54, 1.807) is 0 Å². The molecule has 0 radical (unpaired) electrons. The van der Waals surface area contributed by atoms with Crippen molar-refractivity contribution in [1.29, 1.82) is 0 Å². The summed E-state index contributed by atoms with van der Waals surface area (Å²) in [6.45, 7) is 20.5. The van der Waals surface area contributed by atoms with Crippen LogP contribution < -0.4 is 19.3 Å². The molecule has 3 aromatic carbocycles. The van der Waals surface area contributed by atoms with Gasteiger partial charge in [0.05, 0.1) is 31.0 Å². The van der Waals surface area contributed by atoms with E-state index in [-0.39, 0.29) is 16.2 Å². The highest BCUT2D eigenvalue weighted by Crippen LogP contribution is 2.55. The minimum absolute atomic E-state index is 0.224. The molecule has 0 saturated heterocycles. The van der Waals surface area contributed by atoms with Gasteiger partial charge in [-0.25, -0.2) is 0 Å². The van der Waals surface area contributed by atoms with Crippen LogP contribution in [0, 0.1) is 0 Å². The molecule has 0 atom stereocenters. The Morgan fingerprint density at radius 3 is 1.47 bits per heavy atom. The van der Waals surface area contributed by atoms with E-state index < -0.39 is 34.6 Å². The zero-order chi connectivity index (χ0) is 40.0. The molecule has 294 valence electrons. The number of methoxy groups -OCH3 is 2. The summed E-state index contributed by atoms with van der Waals surface area (Å²) in [6.07, 6.45) is -1.41. The van der Waals surface area contributed by atoms with Crippen molar-refractivity contribution in [3.8, 4) is 11.5 Å². The van der Waals surface area contributed by atoms with Crippen molar-refractivity contribution in [2.45, 2.75) is 95.8 Å². The topological polar surface area (TPSA) is 24.9 Å². The van der Waals surface area contributed by atoms with Gasteiger partial charge in [-0.05, 0) is 94.0 Å². The summed E-state index contributed by atoms with van der Waals surface area (Å²) in [5.41, 5.74) is 3.54. The van der Waals surface area contributed by atoms with Gasteiger partial charge in [0.15, 0.2) is 0 Å². The number of benzene rings is 3. The highest BCUT2D eigenvalue weighted by molar-refractivity contribution is 5.91. The third-order valence-corrected chi connectivity index (χ3v) is 12.5. The number of nitrogens with zero attached hydrogens (tertiary/aromatic N) is 2. The molecule has 0 saturated carbocycles. The first-order chi connectivity index (χ1) is 25.6. The van der Waals surface area contributed by atoms with E-state index >= 15 is 0 Å². The van der Waals surface area contributed by atoms with Crippen LogP contribution in [0.5, 0.6) is 11.5 Å². The molecule has 7 rings (SSSR count). The normalized spacial score (nSPS) is 19.9. The van der Waals surface area contributed by atoms with Gasteiger partial charge in [-0.15, -0.1) is 0 Å². The first kappa shape index (κ1) is 38.9. The molecule has 4 heterocycles. The lowest BCUT2D eigenvalue weighted by Crippen LogP contribution is -2.45. The van der Waals surface area contributed by atoms with Crippen LogP contribution >= 0.6 is 0 Å². The van der Waals surface area contributed by atoms with Gasteiger partial charge in [0.2, 0.25) is 0 Å².